The van der Waals surface area contributed by atoms with Crippen molar-refractivity contribution in [1.29, 1.82) is 0 Å². The Morgan fingerprint density at radius 1 is 0.311 bits per heavy atom. The Labute approximate surface area is 562 Å². The molecule has 0 aliphatic carbocycles. The van der Waals surface area contributed by atoms with Gasteiger partial charge in [-0.1, -0.05) is 82.1 Å². The Balaban J connectivity index is 0.000000154. The molecule has 0 amide bonds. The van der Waals surface area contributed by atoms with Crippen molar-refractivity contribution < 1.29 is 26.9 Å². The van der Waals surface area contributed by atoms with Gasteiger partial charge in [-0.25, -0.2) is 29.4 Å². The summed E-state index contributed by atoms with van der Waals surface area (Å²) >= 11 is 0. The number of nitrogens with zero attached hydrogens (tertiary/aromatic N) is 12. The summed E-state index contributed by atoms with van der Waals surface area (Å²) in [7, 11) is 0. The molecular formula is C78H162N12+6. The summed E-state index contributed by atoms with van der Waals surface area (Å²) in [5.74, 6) is 0. The second kappa shape index (κ2) is 35.9. The number of quaternary nitrogens is 6. The third-order valence-corrected chi connectivity index (χ3v) is 28.2. The van der Waals surface area contributed by atoms with Crippen LogP contribution in [0.2, 0.25) is 0 Å². The fraction of sp³-hybridized carbons (Fsp3) is 1.00. The minimum absolute atomic E-state index is 0.781. The first kappa shape index (κ1) is 76.9. The predicted octanol–water partition coefficient (Wildman–Crippen LogP) is 14.7. The van der Waals surface area contributed by atoms with Gasteiger partial charge in [-0.2, -0.15) is 0 Å². The number of rotatable bonds is 18. The number of hydrogen-bond donors (Lipinski definition) is 0. The van der Waals surface area contributed by atoms with Crippen molar-refractivity contribution in [3.63, 3.8) is 0 Å². The normalized spacial score (nSPS) is 32.6. The fourth-order valence-electron chi connectivity index (χ4n) is 21.0. The second-order valence-corrected chi connectivity index (χ2v) is 34.1. The fourth-order valence-corrected chi connectivity index (χ4v) is 21.0. The first-order chi connectivity index (χ1) is 43.2. The predicted molar refractivity (Wildman–Crippen MR) is 388 cm³/mol. The van der Waals surface area contributed by atoms with Crippen LogP contribution in [0.4, 0.5) is 0 Å². The highest BCUT2D eigenvalue weighted by molar-refractivity contribution is 4.85. The van der Waals surface area contributed by atoms with Crippen molar-refractivity contribution in [3.05, 3.63) is 0 Å². The highest BCUT2D eigenvalue weighted by Crippen LogP contribution is 2.38. The van der Waals surface area contributed by atoms with Gasteiger partial charge in [-0.3, -0.25) is 0 Å². The highest BCUT2D eigenvalue weighted by Gasteiger charge is 2.52. The molecule has 0 aromatic rings. The van der Waals surface area contributed by atoms with Crippen molar-refractivity contribution in [2.24, 2.45) is 0 Å². The molecule has 0 N–H and O–H groups in total. The smallest absolute Gasteiger partial charge is 0.135 e. The molecule has 12 heteroatoms. The summed E-state index contributed by atoms with van der Waals surface area (Å²) in [5.41, 5.74) is 0. The maximum atomic E-state index is 2.81. The average molecular weight is 1270 g/mol. The van der Waals surface area contributed by atoms with E-state index in [4.69, 9.17) is 0 Å². The van der Waals surface area contributed by atoms with Crippen LogP contribution in [0.5, 0.6) is 0 Å². The summed E-state index contributed by atoms with van der Waals surface area (Å²) < 4.78 is 8.53. The third kappa shape index (κ3) is 18.8. The van der Waals surface area contributed by atoms with E-state index in [0.717, 1.165) is 72.5 Å². The summed E-state index contributed by atoms with van der Waals surface area (Å²) in [4.78, 5) is 16.5. The lowest BCUT2D eigenvalue weighted by molar-refractivity contribution is -0.932. The van der Waals surface area contributed by atoms with E-state index in [1.165, 1.54) is 339 Å². The molecule has 0 aromatic carbocycles. The van der Waals surface area contributed by atoms with Crippen LogP contribution >= 0.6 is 0 Å². The molecule has 12 unspecified atom stereocenters. The van der Waals surface area contributed by atoms with Gasteiger partial charge in [0.1, 0.15) is 58.1 Å². The topological polar surface area (TPSA) is 19.4 Å². The van der Waals surface area contributed by atoms with Crippen LogP contribution in [0.3, 0.4) is 0 Å². The Morgan fingerprint density at radius 3 is 1.03 bits per heavy atom. The lowest BCUT2D eigenvalue weighted by atomic mass is 10.1. The van der Waals surface area contributed by atoms with Gasteiger partial charge >= 0.3 is 0 Å². The minimum atomic E-state index is 0.781. The van der Waals surface area contributed by atoms with E-state index in [1.807, 2.05) is 0 Å². The molecular weight excluding hydrogens is 1100 g/mol. The molecule has 12 rings (SSSR count). The first-order valence-corrected chi connectivity index (χ1v) is 40.8. The van der Waals surface area contributed by atoms with E-state index in [1.54, 1.807) is 0 Å². The molecule has 12 aliphatic heterocycles. The zero-order valence-corrected chi connectivity index (χ0v) is 64.2. The Bertz CT molecular complexity index is 1960. The molecule has 12 heterocycles. The quantitative estimate of drug-likeness (QED) is 0.127. The Kier molecular flexibility index (Phi) is 30.6. The number of hydrogen-bond acceptors (Lipinski definition) is 6. The average Bonchev–Trinajstić information content (AvgIpc) is 1.84. The van der Waals surface area contributed by atoms with E-state index in [0.29, 0.717) is 0 Å². The van der Waals surface area contributed by atoms with Crippen LogP contribution in [-0.4, -0.2) is 287 Å². The Morgan fingerprint density at radius 2 is 0.633 bits per heavy atom. The molecule has 528 valence electrons. The maximum absolute atomic E-state index is 2.81. The molecule has 0 radical (unpaired) electrons. The third-order valence-electron chi connectivity index (χ3n) is 28.2. The molecule has 0 saturated carbocycles. The van der Waals surface area contributed by atoms with Crippen molar-refractivity contribution in [2.75, 3.05) is 158 Å². The lowest BCUT2D eigenvalue weighted by Crippen LogP contribution is -2.50. The summed E-state index contributed by atoms with van der Waals surface area (Å²) in [6, 6.07) is 10.0. The van der Waals surface area contributed by atoms with Gasteiger partial charge in [-0.05, 0) is 113 Å². The van der Waals surface area contributed by atoms with E-state index >= 15 is 0 Å². The largest absolute Gasteiger partial charge is 0.310 e. The Hall–Kier alpha value is -0.480. The van der Waals surface area contributed by atoms with Gasteiger partial charge in [0.05, 0.1) is 136 Å². The van der Waals surface area contributed by atoms with Crippen molar-refractivity contribution >= 4 is 0 Å². The molecule has 0 aromatic heterocycles. The van der Waals surface area contributed by atoms with E-state index < -0.39 is 0 Å². The van der Waals surface area contributed by atoms with Gasteiger partial charge in [-0.15, -0.1) is 0 Å². The van der Waals surface area contributed by atoms with Crippen LogP contribution in [0.1, 0.15) is 279 Å². The zero-order valence-electron chi connectivity index (χ0n) is 64.2. The molecule has 12 fully saturated rings. The maximum Gasteiger partial charge on any atom is 0.135 e. The van der Waals surface area contributed by atoms with Gasteiger partial charge < -0.3 is 26.9 Å². The first-order valence-electron chi connectivity index (χ1n) is 40.8. The minimum Gasteiger partial charge on any atom is -0.310 e. The molecule has 0 bridgehead atoms. The zero-order chi connectivity index (χ0) is 65.3. The molecule has 12 atom stereocenters. The highest BCUT2D eigenvalue weighted by atomic mass is 15.6. The second-order valence-electron chi connectivity index (χ2n) is 34.1. The van der Waals surface area contributed by atoms with Gasteiger partial charge in [0.25, 0.3) is 0 Å². The van der Waals surface area contributed by atoms with Gasteiger partial charge in [0.15, 0.2) is 0 Å². The van der Waals surface area contributed by atoms with Crippen LogP contribution in [-0.2, 0) is 0 Å². The summed E-state index contributed by atoms with van der Waals surface area (Å²) in [6.07, 6.45) is 33.6. The van der Waals surface area contributed by atoms with Crippen LogP contribution in [0.25, 0.3) is 0 Å². The van der Waals surface area contributed by atoms with Crippen LogP contribution < -0.4 is 0 Å². The molecule has 12 nitrogen and oxygen atoms in total. The van der Waals surface area contributed by atoms with Crippen LogP contribution in [0, 0.1) is 0 Å². The monoisotopic (exact) mass is 1270 g/mol. The molecule has 12 saturated heterocycles. The van der Waals surface area contributed by atoms with Crippen molar-refractivity contribution in [2.45, 2.75) is 351 Å². The SMILES string of the molecule is CCC(C)N1CC(C)[N+]2(CCCC2)C1.CCC(C)N1CC(CC)[N+]2(CCCC2)C1.CCC(C)N1C[N+]2(CCCC2)CC1C.CCC(C)N1C[N+]2(CCCC2)CC1CC.CCCC1CN(C(C)CC)C[N+]12CCCC2.CCCC1C[N+]2(CCCC2)CN1C(C)CC. The van der Waals surface area contributed by atoms with E-state index in [9.17, 15) is 0 Å². The molecule has 6 spiro atoms. The van der Waals surface area contributed by atoms with E-state index in [2.05, 4.69) is 154 Å². The van der Waals surface area contributed by atoms with Crippen molar-refractivity contribution in [1.82, 2.24) is 29.4 Å². The van der Waals surface area contributed by atoms with E-state index in [-0.39, 0.29) is 0 Å². The van der Waals surface area contributed by atoms with Crippen molar-refractivity contribution in [3.8, 4) is 0 Å². The summed E-state index contributed by atoms with van der Waals surface area (Å²) in [5, 5.41) is 0. The lowest BCUT2D eigenvalue weighted by Gasteiger charge is -2.35. The molecule has 12 aliphatic rings. The van der Waals surface area contributed by atoms with Crippen LogP contribution in [0.15, 0.2) is 0 Å². The molecule has 90 heavy (non-hydrogen) atoms. The van der Waals surface area contributed by atoms with Gasteiger partial charge in [0, 0.05) is 120 Å². The summed E-state index contributed by atoms with van der Waals surface area (Å²) in [6.45, 7) is 76.3. The van der Waals surface area contributed by atoms with Gasteiger partial charge in [0.2, 0.25) is 0 Å². The standard InChI is InChI=1S/2C14H29N2.2C13H27N2.2C12H25N2/c1-4-8-14-11-16(9-6-7-10-16)12-15(14)13(3)5-2;1-4-8-14-11-15(13(3)5-2)12-16(14)9-6-7-10-16;1-4-12(3)14-11-15(8-6-7-9-15)10-13(14)5-2;1-4-12(3)14-10-13(5-2)15(11-14)8-6-7-9-15;1-4-11(2)13-10-14(9-12(13)3)7-5-6-8-14;1-4-11(2)13-9-12(3)14(10-13)7-5-6-8-14/h2*13-14H,4-12H2,1-3H3;2*12-13H,4-11H2,1-3H3;2*11-12H,4-10H2,1-3H3/q6*+1.